The van der Waals surface area contributed by atoms with Gasteiger partial charge in [0.15, 0.2) is 3.83 Å². The molecule has 0 spiro atoms. The summed E-state index contributed by atoms with van der Waals surface area (Å²) in [5, 5.41) is 1.79. The number of nitrogens with zero attached hydrogens (tertiary/aromatic N) is 1. The molecule has 0 saturated heterocycles. The zero-order valence-electron chi connectivity index (χ0n) is 7.66. The average molecular weight is 459 g/mol. The van der Waals surface area contributed by atoms with Crippen LogP contribution in [0.4, 0.5) is 13.2 Å². The molecule has 1 amide bonds. The molecule has 0 bridgehead atoms. The molecule has 0 aliphatic carbocycles. The third kappa shape index (κ3) is 4.07. The number of hydrogen-bond acceptors (Lipinski definition) is 2. The third-order valence-corrected chi connectivity index (χ3v) is 3.02. The highest BCUT2D eigenvalue weighted by atomic mass is 127. The number of H-pyrrole nitrogens is 1. The Morgan fingerprint density at radius 1 is 1.44 bits per heavy atom. The maximum absolute atomic E-state index is 11.8. The van der Waals surface area contributed by atoms with Crippen LogP contribution in [0.25, 0.3) is 0 Å². The number of halogens is 5. The van der Waals surface area contributed by atoms with Crippen LogP contribution in [0.15, 0.2) is 0 Å². The molecule has 0 unspecified atom stereocenters. The molecular weight excluding hydrogens is 453 g/mol. The van der Waals surface area contributed by atoms with Gasteiger partial charge in [0, 0.05) is 13.0 Å². The first-order valence-electron chi connectivity index (χ1n) is 4.05. The number of alkyl halides is 3. The highest BCUT2D eigenvalue weighted by Crippen LogP contribution is 2.14. The molecular formula is C7H6F3I2N3O. The number of amides is 1. The summed E-state index contributed by atoms with van der Waals surface area (Å²) in [5.74, 6) is -1.92. The minimum atomic E-state index is -4.82. The number of rotatable bonds is 3. The molecule has 0 fully saturated rings. The first-order valence-corrected chi connectivity index (χ1v) is 6.21. The van der Waals surface area contributed by atoms with Crippen LogP contribution in [0.5, 0.6) is 0 Å². The van der Waals surface area contributed by atoms with E-state index in [-0.39, 0.29) is 13.0 Å². The summed E-state index contributed by atoms with van der Waals surface area (Å²) in [6, 6.07) is 0. The Morgan fingerprint density at radius 3 is 2.50 bits per heavy atom. The molecule has 0 atom stereocenters. The zero-order chi connectivity index (χ0) is 12.3. The number of nitrogens with one attached hydrogen (secondary N) is 2. The molecule has 1 aromatic rings. The van der Waals surface area contributed by atoms with Crippen LogP contribution in [0.2, 0.25) is 0 Å². The van der Waals surface area contributed by atoms with Gasteiger partial charge in [0.2, 0.25) is 0 Å². The summed E-state index contributed by atoms with van der Waals surface area (Å²) in [5.41, 5.74) is 0.715. The van der Waals surface area contributed by atoms with Gasteiger partial charge in [0.05, 0.1) is 5.69 Å². The first kappa shape index (κ1) is 14.0. The second-order valence-corrected chi connectivity index (χ2v) is 4.84. The number of aromatic amines is 1. The first-order chi connectivity index (χ1) is 7.30. The second-order valence-electron chi connectivity index (χ2n) is 2.80. The lowest BCUT2D eigenvalue weighted by Crippen LogP contribution is -2.37. The van der Waals surface area contributed by atoms with E-state index in [1.54, 1.807) is 5.32 Å². The Hall–Kier alpha value is -0.0700. The van der Waals surface area contributed by atoms with Gasteiger partial charge in [-0.05, 0) is 45.2 Å². The molecule has 2 N–H and O–H groups in total. The summed E-state index contributed by atoms with van der Waals surface area (Å²) in [4.78, 5) is 17.4. The standard InChI is InChI=1S/C7H6F3I2N3O/c8-7(9,10)5(16)13-2-1-3-4(11)15-6(12)14-3/h1-2H2,(H,13,16)(H,14,15). The van der Waals surface area contributed by atoms with E-state index in [1.165, 1.54) is 0 Å². The molecule has 0 saturated carbocycles. The van der Waals surface area contributed by atoms with Crippen LogP contribution in [0.3, 0.4) is 0 Å². The van der Waals surface area contributed by atoms with E-state index < -0.39 is 12.1 Å². The van der Waals surface area contributed by atoms with Crippen LogP contribution < -0.4 is 5.32 Å². The summed E-state index contributed by atoms with van der Waals surface area (Å²) in [6.45, 7) is -0.0768. The van der Waals surface area contributed by atoms with Gasteiger partial charge >= 0.3 is 12.1 Å². The van der Waals surface area contributed by atoms with Gasteiger partial charge < -0.3 is 10.3 Å². The van der Waals surface area contributed by atoms with E-state index in [4.69, 9.17) is 0 Å². The SMILES string of the molecule is O=C(NCCc1[nH]c(I)nc1I)C(F)(F)F. The maximum atomic E-state index is 11.8. The molecule has 1 aromatic heterocycles. The highest BCUT2D eigenvalue weighted by molar-refractivity contribution is 14.1. The average Bonchev–Trinajstić information content (AvgIpc) is 2.43. The molecule has 16 heavy (non-hydrogen) atoms. The monoisotopic (exact) mass is 459 g/mol. The Labute approximate surface area is 116 Å². The summed E-state index contributed by atoms with van der Waals surface area (Å²) in [7, 11) is 0. The van der Waals surface area contributed by atoms with Crippen LogP contribution >= 0.6 is 45.2 Å². The lowest BCUT2D eigenvalue weighted by atomic mass is 10.3. The Morgan fingerprint density at radius 2 is 2.06 bits per heavy atom. The van der Waals surface area contributed by atoms with E-state index in [0.29, 0.717) is 13.2 Å². The predicted molar refractivity (Wildman–Crippen MR) is 66.8 cm³/mol. The van der Waals surface area contributed by atoms with E-state index in [1.807, 2.05) is 45.2 Å². The van der Waals surface area contributed by atoms with Crippen molar-refractivity contribution in [2.24, 2.45) is 0 Å². The van der Waals surface area contributed by atoms with Crippen molar-refractivity contribution in [2.45, 2.75) is 12.6 Å². The van der Waals surface area contributed by atoms with Gasteiger partial charge in [0.1, 0.15) is 3.70 Å². The second kappa shape index (κ2) is 5.51. The lowest BCUT2D eigenvalue weighted by molar-refractivity contribution is -0.173. The molecule has 4 nitrogen and oxygen atoms in total. The molecule has 0 aromatic carbocycles. The van der Waals surface area contributed by atoms with Crippen molar-refractivity contribution in [2.75, 3.05) is 6.54 Å². The van der Waals surface area contributed by atoms with Crippen molar-refractivity contribution >= 4 is 51.1 Å². The number of carbonyl (C=O) groups excluding carboxylic acids is 1. The Bertz CT molecular complexity index is 391. The van der Waals surface area contributed by atoms with Crippen molar-refractivity contribution in [3.8, 4) is 0 Å². The fourth-order valence-electron chi connectivity index (χ4n) is 0.925. The van der Waals surface area contributed by atoms with Crippen molar-refractivity contribution in [1.82, 2.24) is 15.3 Å². The normalized spacial score (nSPS) is 11.6. The van der Waals surface area contributed by atoms with Crippen molar-refractivity contribution in [3.63, 3.8) is 0 Å². The molecule has 0 aliphatic heterocycles. The highest BCUT2D eigenvalue weighted by Gasteiger charge is 2.38. The summed E-state index contributed by atoms with van der Waals surface area (Å²) >= 11 is 3.94. The van der Waals surface area contributed by atoms with Crippen molar-refractivity contribution < 1.29 is 18.0 Å². The topological polar surface area (TPSA) is 57.8 Å². The van der Waals surface area contributed by atoms with Gasteiger partial charge in [0.25, 0.3) is 0 Å². The molecule has 1 rings (SSSR count). The smallest absolute Gasteiger partial charge is 0.348 e. The number of hydrogen-bond donors (Lipinski definition) is 2. The fraction of sp³-hybridized carbons (Fsp3) is 0.429. The van der Waals surface area contributed by atoms with Gasteiger partial charge in [-0.15, -0.1) is 0 Å². The predicted octanol–water partition coefficient (Wildman–Crippen LogP) is 1.84. The van der Waals surface area contributed by atoms with Gasteiger partial charge in [-0.2, -0.15) is 13.2 Å². The van der Waals surface area contributed by atoms with Crippen LogP contribution in [-0.2, 0) is 11.2 Å². The third-order valence-electron chi connectivity index (χ3n) is 1.62. The minimum absolute atomic E-state index is 0.0768. The fourth-order valence-corrected chi connectivity index (χ4v) is 2.60. The van der Waals surface area contributed by atoms with Gasteiger partial charge in [-0.3, -0.25) is 4.79 Å². The number of imidazole rings is 1. The molecule has 90 valence electrons. The Balaban J connectivity index is 2.42. The summed E-state index contributed by atoms with van der Waals surface area (Å²) in [6.07, 6.45) is -4.54. The zero-order valence-corrected chi connectivity index (χ0v) is 12.0. The van der Waals surface area contributed by atoms with Crippen LogP contribution in [-0.4, -0.2) is 28.6 Å². The van der Waals surface area contributed by atoms with E-state index in [9.17, 15) is 18.0 Å². The number of carbonyl (C=O) groups is 1. The number of aromatic nitrogens is 2. The van der Waals surface area contributed by atoms with Crippen LogP contribution in [0, 0.1) is 7.53 Å². The summed E-state index contributed by atoms with van der Waals surface area (Å²) < 4.78 is 36.8. The lowest BCUT2D eigenvalue weighted by Gasteiger charge is -2.06. The molecule has 1 heterocycles. The molecule has 0 radical (unpaired) electrons. The quantitative estimate of drug-likeness (QED) is 0.679. The van der Waals surface area contributed by atoms with Crippen LogP contribution in [0.1, 0.15) is 5.69 Å². The van der Waals surface area contributed by atoms with E-state index in [0.717, 1.165) is 0 Å². The van der Waals surface area contributed by atoms with Gasteiger partial charge in [-0.1, -0.05) is 0 Å². The van der Waals surface area contributed by atoms with E-state index in [2.05, 4.69) is 9.97 Å². The largest absolute Gasteiger partial charge is 0.471 e. The van der Waals surface area contributed by atoms with E-state index >= 15 is 0 Å². The maximum Gasteiger partial charge on any atom is 0.471 e. The minimum Gasteiger partial charge on any atom is -0.348 e. The van der Waals surface area contributed by atoms with Crippen molar-refractivity contribution in [1.29, 1.82) is 0 Å². The molecule has 9 heteroatoms. The Kier molecular flexibility index (Phi) is 4.82. The molecule has 0 aliphatic rings. The van der Waals surface area contributed by atoms with Crippen molar-refractivity contribution in [3.05, 3.63) is 13.2 Å². The van der Waals surface area contributed by atoms with Gasteiger partial charge in [-0.25, -0.2) is 4.98 Å².